The number of benzene rings is 1. The fourth-order valence-electron chi connectivity index (χ4n) is 2.81. The Bertz CT molecular complexity index is 517. The molecule has 0 N–H and O–H groups in total. The zero-order valence-electron chi connectivity index (χ0n) is 11.4. The summed E-state index contributed by atoms with van der Waals surface area (Å²) in [6.45, 7) is 2.83. The number of alkyl halides is 3. The van der Waals surface area contributed by atoms with E-state index in [0.717, 1.165) is 38.3 Å². The predicted molar refractivity (Wildman–Crippen MR) is 71.4 cm³/mol. The van der Waals surface area contributed by atoms with Gasteiger partial charge in [-0.1, -0.05) is 6.92 Å². The van der Waals surface area contributed by atoms with Crippen molar-refractivity contribution in [2.24, 2.45) is 0 Å². The van der Waals surface area contributed by atoms with Crippen LogP contribution < -0.4 is 4.90 Å². The van der Waals surface area contributed by atoms with Gasteiger partial charge in [-0.3, -0.25) is 0 Å². The lowest BCUT2D eigenvalue weighted by atomic mass is 9.98. The van der Waals surface area contributed by atoms with E-state index in [4.69, 9.17) is 5.26 Å². The standard InChI is InChI=1S/C15H17F3N2/c1-2-12-5-3-4-8-20(12)13-7-6-11(10-19)14(9-13)15(16,17)18/h6-7,9,12H,2-5,8H2,1H3/t12-/m0/s1. The highest BCUT2D eigenvalue weighted by atomic mass is 19.4. The lowest BCUT2D eigenvalue weighted by Crippen LogP contribution is -2.39. The molecule has 1 fully saturated rings. The van der Waals surface area contributed by atoms with Crippen LogP contribution in [0.25, 0.3) is 0 Å². The number of hydrogen-bond acceptors (Lipinski definition) is 2. The quantitative estimate of drug-likeness (QED) is 0.806. The Morgan fingerprint density at radius 2 is 2.10 bits per heavy atom. The molecule has 1 aliphatic heterocycles. The molecule has 0 spiro atoms. The normalized spacial score (nSPS) is 19.8. The molecular weight excluding hydrogens is 265 g/mol. The molecule has 108 valence electrons. The van der Waals surface area contributed by atoms with Crippen molar-refractivity contribution in [2.75, 3.05) is 11.4 Å². The number of nitrogens with zero attached hydrogens (tertiary/aromatic N) is 2. The van der Waals surface area contributed by atoms with E-state index in [1.165, 1.54) is 6.07 Å². The summed E-state index contributed by atoms with van der Waals surface area (Å²) >= 11 is 0. The summed E-state index contributed by atoms with van der Waals surface area (Å²) in [5, 5.41) is 8.82. The first-order chi connectivity index (χ1) is 9.47. The Balaban J connectivity index is 2.40. The van der Waals surface area contributed by atoms with E-state index in [0.29, 0.717) is 5.69 Å². The number of anilines is 1. The summed E-state index contributed by atoms with van der Waals surface area (Å²) in [7, 11) is 0. The third-order valence-electron chi connectivity index (χ3n) is 3.86. The van der Waals surface area contributed by atoms with Crippen molar-refractivity contribution in [3.05, 3.63) is 29.3 Å². The van der Waals surface area contributed by atoms with Crippen LogP contribution in [0.3, 0.4) is 0 Å². The Hall–Kier alpha value is -1.70. The average molecular weight is 282 g/mol. The Morgan fingerprint density at radius 1 is 1.35 bits per heavy atom. The third-order valence-corrected chi connectivity index (χ3v) is 3.86. The predicted octanol–water partition coefficient (Wildman–Crippen LogP) is 4.35. The van der Waals surface area contributed by atoms with Crippen molar-refractivity contribution >= 4 is 5.69 Å². The van der Waals surface area contributed by atoms with Crippen molar-refractivity contribution in [1.82, 2.24) is 0 Å². The van der Waals surface area contributed by atoms with Crippen LogP contribution in [0, 0.1) is 11.3 Å². The van der Waals surface area contributed by atoms with Gasteiger partial charge in [0.1, 0.15) is 0 Å². The monoisotopic (exact) mass is 282 g/mol. The Labute approximate surface area is 116 Å². The fraction of sp³-hybridized carbons (Fsp3) is 0.533. The van der Waals surface area contributed by atoms with E-state index in [-0.39, 0.29) is 11.6 Å². The van der Waals surface area contributed by atoms with Gasteiger partial charge in [0.05, 0.1) is 17.2 Å². The van der Waals surface area contributed by atoms with Crippen LogP contribution >= 0.6 is 0 Å². The third kappa shape index (κ3) is 2.90. The molecule has 0 bridgehead atoms. The van der Waals surface area contributed by atoms with Crippen molar-refractivity contribution in [3.8, 4) is 6.07 Å². The molecular formula is C15H17F3N2. The van der Waals surface area contributed by atoms with Crippen LogP contribution in [-0.4, -0.2) is 12.6 Å². The number of nitriles is 1. The van der Waals surface area contributed by atoms with Gasteiger partial charge in [-0.2, -0.15) is 18.4 Å². The first-order valence-corrected chi connectivity index (χ1v) is 6.85. The maximum atomic E-state index is 13.0. The van der Waals surface area contributed by atoms with E-state index in [1.807, 2.05) is 4.90 Å². The second-order valence-electron chi connectivity index (χ2n) is 5.09. The van der Waals surface area contributed by atoms with Crippen molar-refractivity contribution in [3.63, 3.8) is 0 Å². The van der Waals surface area contributed by atoms with E-state index >= 15 is 0 Å². The molecule has 0 aliphatic carbocycles. The minimum atomic E-state index is -4.49. The molecule has 0 unspecified atom stereocenters. The highest BCUT2D eigenvalue weighted by molar-refractivity contribution is 5.55. The molecule has 0 radical (unpaired) electrons. The Morgan fingerprint density at radius 3 is 2.70 bits per heavy atom. The van der Waals surface area contributed by atoms with Gasteiger partial charge in [0.2, 0.25) is 0 Å². The molecule has 5 heteroatoms. The smallest absolute Gasteiger partial charge is 0.369 e. The summed E-state index contributed by atoms with van der Waals surface area (Å²) in [6, 6.07) is 5.93. The fourth-order valence-corrected chi connectivity index (χ4v) is 2.81. The molecule has 0 aromatic heterocycles. The van der Waals surface area contributed by atoms with Crippen LogP contribution in [0.2, 0.25) is 0 Å². The maximum absolute atomic E-state index is 13.0. The molecule has 1 saturated heterocycles. The van der Waals surface area contributed by atoms with E-state index in [1.54, 1.807) is 12.1 Å². The molecule has 0 amide bonds. The number of rotatable bonds is 2. The summed E-state index contributed by atoms with van der Waals surface area (Å²) in [6.07, 6.45) is -0.437. The van der Waals surface area contributed by atoms with Crippen LogP contribution in [0.1, 0.15) is 43.7 Å². The second kappa shape index (κ2) is 5.74. The molecule has 1 aliphatic rings. The molecule has 2 nitrogen and oxygen atoms in total. The molecule has 2 rings (SSSR count). The highest BCUT2D eigenvalue weighted by Gasteiger charge is 2.34. The summed E-state index contributed by atoms with van der Waals surface area (Å²) in [4.78, 5) is 2.04. The van der Waals surface area contributed by atoms with E-state index in [9.17, 15) is 13.2 Å². The SMILES string of the molecule is CC[C@H]1CCCCN1c1ccc(C#N)c(C(F)(F)F)c1. The number of piperidine rings is 1. The van der Waals surface area contributed by atoms with E-state index in [2.05, 4.69) is 6.92 Å². The summed E-state index contributed by atoms with van der Waals surface area (Å²) < 4.78 is 39.0. The highest BCUT2D eigenvalue weighted by Crippen LogP contribution is 2.36. The lowest BCUT2D eigenvalue weighted by molar-refractivity contribution is -0.137. The number of halogens is 3. The first-order valence-electron chi connectivity index (χ1n) is 6.85. The maximum Gasteiger partial charge on any atom is 0.417 e. The number of hydrogen-bond donors (Lipinski definition) is 0. The van der Waals surface area contributed by atoms with Gasteiger partial charge in [-0.15, -0.1) is 0 Å². The molecule has 1 heterocycles. The van der Waals surface area contributed by atoms with Gasteiger partial charge in [-0.25, -0.2) is 0 Å². The van der Waals surface area contributed by atoms with Gasteiger partial charge in [0, 0.05) is 18.3 Å². The van der Waals surface area contributed by atoms with Crippen LogP contribution in [0.15, 0.2) is 18.2 Å². The molecule has 1 atom stereocenters. The average Bonchev–Trinajstić information content (AvgIpc) is 2.45. The zero-order chi connectivity index (χ0) is 14.8. The molecule has 0 saturated carbocycles. The minimum Gasteiger partial charge on any atom is -0.369 e. The van der Waals surface area contributed by atoms with Crippen molar-refractivity contribution in [1.29, 1.82) is 5.26 Å². The van der Waals surface area contributed by atoms with Crippen molar-refractivity contribution in [2.45, 2.75) is 44.8 Å². The second-order valence-corrected chi connectivity index (χ2v) is 5.09. The lowest BCUT2D eigenvalue weighted by Gasteiger charge is -2.37. The largest absolute Gasteiger partial charge is 0.417 e. The van der Waals surface area contributed by atoms with Crippen LogP contribution in [-0.2, 0) is 6.18 Å². The Kier molecular flexibility index (Phi) is 4.22. The van der Waals surface area contributed by atoms with Crippen LogP contribution in [0.5, 0.6) is 0 Å². The van der Waals surface area contributed by atoms with Gasteiger partial charge >= 0.3 is 6.18 Å². The van der Waals surface area contributed by atoms with Crippen molar-refractivity contribution < 1.29 is 13.2 Å². The van der Waals surface area contributed by atoms with Gasteiger partial charge in [-0.05, 0) is 43.9 Å². The molecule has 20 heavy (non-hydrogen) atoms. The summed E-state index contributed by atoms with van der Waals surface area (Å²) in [5.74, 6) is 0. The molecule has 1 aromatic rings. The first kappa shape index (κ1) is 14.7. The topological polar surface area (TPSA) is 27.0 Å². The van der Waals surface area contributed by atoms with Gasteiger partial charge < -0.3 is 4.90 Å². The van der Waals surface area contributed by atoms with Gasteiger partial charge in [0.15, 0.2) is 0 Å². The van der Waals surface area contributed by atoms with E-state index < -0.39 is 11.7 Å². The molecule has 1 aromatic carbocycles. The van der Waals surface area contributed by atoms with Crippen LogP contribution in [0.4, 0.5) is 18.9 Å². The zero-order valence-corrected chi connectivity index (χ0v) is 11.4. The minimum absolute atomic E-state index is 0.290. The summed E-state index contributed by atoms with van der Waals surface area (Å²) in [5.41, 5.74) is -0.577. The van der Waals surface area contributed by atoms with Gasteiger partial charge in [0.25, 0.3) is 0 Å².